The van der Waals surface area contributed by atoms with Crippen LogP contribution in [0.3, 0.4) is 0 Å². The lowest BCUT2D eigenvalue weighted by molar-refractivity contribution is 0.102. The van der Waals surface area contributed by atoms with Crippen molar-refractivity contribution in [2.45, 2.75) is 26.2 Å². The van der Waals surface area contributed by atoms with Crippen molar-refractivity contribution in [2.24, 2.45) is 0 Å². The maximum atomic E-state index is 12.5. The fourth-order valence-electron chi connectivity index (χ4n) is 2.91. The maximum Gasteiger partial charge on any atom is 0.276 e. The van der Waals surface area contributed by atoms with Crippen LogP contribution in [0.4, 0.5) is 11.5 Å². The van der Waals surface area contributed by atoms with E-state index in [1.54, 1.807) is 18.5 Å². The van der Waals surface area contributed by atoms with Gasteiger partial charge in [-0.2, -0.15) is 0 Å². The summed E-state index contributed by atoms with van der Waals surface area (Å²) in [6.07, 6.45) is 4.47. The number of benzene rings is 1. The average Bonchev–Trinajstić information content (AvgIpc) is 2.73. The Balaban J connectivity index is 1.63. The van der Waals surface area contributed by atoms with Gasteiger partial charge in [-0.05, 0) is 53.8 Å². The summed E-state index contributed by atoms with van der Waals surface area (Å²) in [4.78, 5) is 18.6. The van der Waals surface area contributed by atoms with Crippen LogP contribution in [0.25, 0.3) is 0 Å². The molecule has 28 heavy (non-hydrogen) atoms. The SMILES string of the molecule is CC(C)c1ccccc1NC(=O)c1ccc(N(C)CCc2ccncc2)nn1. The van der Waals surface area contributed by atoms with Crippen molar-refractivity contribution in [2.75, 3.05) is 23.8 Å². The molecule has 0 bridgehead atoms. The molecule has 0 spiro atoms. The van der Waals surface area contributed by atoms with E-state index < -0.39 is 0 Å². The molecule has 2 heterocycles. The quantitative estimate of drug-likeness (QED) is 0.678. The number of anilines is 2. The summed E-state index contributed by atoms with van der Waals surface area (Å²) in [5, 5.41) is 11.3. The van der Waals surface area contributed by atoms with Gasteiger partial charge in [0, 0.05) is 31.7 Å². The summed E-state index contributed by atoms with van der Waals surface area (Å²) in [5.74, 6) is 0.791. The number of likely N-dealkylation sites (N-methyl/N-ethyl adjacent to an activating group) is 1. The van der Waals surface area contributed by atoms with Gasteiger partial charge < -0.3 is 10.2 Å². The number of rotatable bonds is 7. The molecule has 3 rings (SSSR count). The van der Waals surface area contributed by atoms with Gasteiger partial charge in [-0.25, -0.2) is 0 Å². The molecule has 144 valence electrons. The van der Waals surface area contributed by atoms with Crippen LogP contribution in [0.2, 0.25) is 0 Å². The Bertz CT molecular complexity index is 910. The van der Waals surface area contributed by atoms with Crippen LogP contribution in [0, 0.1) is 0 Å². The van der Waals surface area contributed by atoms with E-state index in [9.17, 15) is 4.79 Å². The lowest BCUT2D eigenvalue weighted by atomic mass is 10.0. The van der Waals surface area contributed by atoms with Crippen molar-refractivity contribution >= 4 is 17.4 Å². The molecular weight excluding hydrogens is 350 g/mol. The smallest absolute Gasteiger partial charge is 0.276 e. The average molecular weight is 375 g/mol. The molecule has 6 nitrogen and oxygen atoms in total. The fourth-order valence-corrected chi connectivity index (χ4v) is 2.91. The number of pyridine rings is 1. The Kier molecular flexibility index (Phi) is 6.32. The van der Waals surface area contributed by atoms with Gasteiger partial charge in [0.2, 0.25) is 0 Å². The van der Waals surface area contributed by atoms with Crippen molar-refractivity contribution in [1.82, 2.24) is 15.2 Å². The first-order chi connectivity index (χ1) is 13.5. The van der Waals surface area contributed by atoms with Gasteiger partial charge in [-0.3, -0.25) is 9.78 Å². The first kappa shape index (κ1) is 19.5. The van der Waals surface area contributed by atoms with Gasteiger partial charge in [0.1, 0.15) is 0 Å². The standard InChI is InChI=1S/C22H25N5O/c1-16(2)18-6-4-5-7-19(18)24-22(28)20-8-9-21(26-25-20)27(3)15-12-17-10-13-23-14-11-17/h4-11,13-14,16H,12,15H2,1-3H3,(H,24,28). The zero-order chi connectivity index (χ0) is 19.9. The molecule has 0 atom stereocenters. The number of amides is 1. The van der Waals surface area contributed by atoms with E-state index in [1.807, 2.05) is 54.4 Å². The highest BCUT2D eigenvalue weighted by molar-refractivity contribution is 6.03. The van der Waals surface area contributed by atoms with E-state index in [1.165, 1.54) is 5.56 Å². The number of carbonyl (C=O) groups is 1. The summed E-state index contributed by atoms with van der Waals surface area (Å²) in [6, 6.07) is 15.3. The van der Waals surface area contributed by atoms with Gasteiger partial charge >= 0.3 is 0 Å². The monoisotopic (exact) mass is 375 g/mol. The van der Waals surface area contributed by atoms with Gasteiger partial charge in [-0.15, -0.1) is 10.2 Å². The molecule has 0 aliphatic heterocycles. The summed E-state index contributed by atoms with van der Waals surface area (Å²) in [7, 11) is 1.96. The normalized spacial score (nSPS) is 10.7. The minimum Gasteiger partial charge on any atom is -0.358 e. The summed E-state index contributed by atoms with van der Waals surface area (Å²) >= 11 is 0. The second-order valence-electron chi connectivity index (χ2n) is 7.00. The topological polar surface area (TPSA) is 71.0 Å². The number of aromatic nitrogens is 3. The largest absolute Gasteiger partial charge is 0.358 e. The third-order valence-electron chi connectivity index (χ3n) is 4.59. The molecule has 0 radical (unpaired) electrons. The molecule has 0 fully saturated rings. The van der Waals surface area contributed by atoms with E-state index in [0.29, 0.717) is 11.6 Å². The van der Waals surface area contributed by atoms with Crippen molar-refractivity contribution < 1.29 is 4.79 Å². The first-order valence-electron chi connectivity index (χ1n) is 9.38. The minimum atomic E-state index is -0.258. The Morgan fingerprint density at radius 2 is 1.79 bits per heavy atom. The maximum absolute atomic E-state index is 12.5. The predicted octanol–water partition coefficient (Wildman–Crippen LogP) is 3.93. The van der Waals surface area contributed by atoms with E-state index in [2.05, 4.69) is 34.3 Å². The van der Waals surface area contributed by atoms with Gasteiger partial charge in [0.15, 0.2) is 11.5 Å². The number of nitrogens with one attached hydrogen (secondary N) is 1. The van der Waals surface area contributed by atoms with Crippen LogP contribution in [0.15, 0.2) is 60.9 Å². The highest BCUT2D eigenvalue weighted by Crippen LogP contribution is 2.24. The van der Waals surface area contributed by atoms with Crippen LogP contribution in [-0.4, -0.2) is 34.7 Å². The Hall–Kier alpha value is -3.28. The fraction of sp³-hybridized carbons (Fsp3) is 0.273. The number of carbonyl (C=O) groups excluding carboxylic acids is 1. The molecule has 0 saturated heterocycles. The van der Waals surface area contributed by atoms with Gasteiger partial charge in [0.05, 0.1) is 0 Å². The van der Waals surface area contributed by atoms with Crippen LogP contribution in [-0.2, 0) is 6.42 Å². The van der Waals surface area contributed by atoms with Crippen molar-refractivity contribution in [3.05, 3.63) is 77.7 Å². The molecule has 2 aromatic heterocycles. The summed E-state index contributed by atoms with van der Waals surface area (Å²) in [6.45, 7) is 4.99. The molecule has 0 unspecified atom stereocenters. The second kappa shape index (κ2) is 9.08. The van der Waals surface area contributed by atoms with Crippen molar-refractivity contribution in [3.8, 4) is 0 Å². The summed E-state index contributed by atoms with van der Waals surface area (Å²) < 4.78 is 0. The highest BCUT2D eigenvalue weighted by atomic mass is 16.1. The highest BCUT2D eigenvalue weighted by Gasteiger charge is 2.13. The molecular formula is C22H25N5O. The van der Waals surface area contributed by atoms with E-state index in [-0.39, 0.29) is 5.91 Å². The van der Waals surface area contributed by atoms with E-state index in [4.69, 9.17) is 0 Å². The molecule has 6 heteroatoms. The second-order valence-corrected chi connectivity index (χ2v) is 7.00. The number of hydrogen-bond donors (Lipinski definition) is 1. The zero-order valence-corrected chi connectivity index (χ0v) is 16.5. The molecule has 0 aliphatic carbocycles. The summed E-state index contributed by atoms with van der Waals surface area (Å²) in [5.41, 5.74) is 3.42. The number of hydrogen-bond acceptors (Lipinski definition) is 5. The third kappa shape index (κ3) is 4.91. The lowest BCUT2D eigenvalue weighted by Gasteiger charge is -2.17. The molecule has 1 amide bonds. The lowest BCUT2D eigenvalue weighted by Crippen LogP contribution is -2.23. The van der Waals surface area contributed by atoms with Crippen molar-refractivity contribution in [3.63, 3.8) is 0 Å². The molecule has 0 aliphatic rings. The molecule has 1 aromatic carbocycles. The predicted molar refractivity (Wildman–Crippen MR) is 112 cm³/mol. The van der Waals surface area contributed by atoms with Gasteiger partial charge in [0.25, 0.3) is 5.91 Å². The molecule has 0 saturated carbocycles. The van der Waals surface area contributed by atoms with E-state index in [0.717, 1.165) is 30.0 Å². The minimum absolute atomic E-state index is 0.258. The van der Waals surface area contributed by atoms with E-state index >= 15 is 0 Å². The van der Waals surface area contributed by atoms with Crippen LogP contribution in [0.1, 0.15) is 41.4 Å². The molecule has 3 aromatic rings. The van der Waals surface area contributed by atoms with Crippen LogP contribution in [0.5, 0.6) is 0 Å². The van der Waals surface area contributed by atoms with Crippen LogP contribution >= 0.6 is 0 Å². The van der Waals surface area contributed by atoms with Crippen LogP contribution < -0.4 is 10.2 Å². The Morgan fingerprint density at radius 1 is 1.04 bits per heavy atom. The Morgan fingerprint density at radius 3 is 2.46 bits per heavy atom. The zero-order valence-electron chi connectivity index (χ0n) is 16.5. The van der Waals surface area contributed by atoms with Gasteiger partial charge in [-0.1, -0.05) is 32.0 Å². The Labute approximate surface area is 165 Å². The first-order valence-corrected chi connectivity index (χ1v) is 9.38. The molecule has 1 N–H and O–H groups in total. The number of para-hydroxylation sites is 1. The third-order valence-corrected chi connectivity index (χ3v) is 4.59. The van der Waals surface area contributed by atoms with Crippen molar-refractivity contribution in [1.29, 1.82) is 0 Å². The number of nitrogens with zero attached hydrogens (tertiary/aromatic N) is 4.